The molecule has 0 aliphatic heterocycles. The first kappa shape index (κ1) is 19.3. The number of carbonyl (C=O) groups is 2. The monoisotopic (exact) mass is 404 g/mol. The second-order valence-corrected chi connectivity index (χ2v) is 6.52. The second kappa shape index (κ2) is 8.52. The van der Waals surface area contributed by atoms with Crippen LogP contribution in [0.5, 0.6) is 0 Å². The Balaban J connectivity index is 1.28. The highest BCUT2D eigenvalue weighted by Crippen LogP contribution is 2.21. The van der Waals surface area contributed by atoms with E-state index >= 15 is 0 Å². The summed E-state index contributed by atoms with van der Waals surface area (Å²) in [6.07, 6.45) is 1.83. The van der Waals surface area contributed by atoms with Crippen LogP contribution in [0.1, 0.15) is 22.8 Å². The third-order valence-electron chi connectivity index (χ3n) is 4.39. The minimum Gasteiger partial charge on any atom is -0.441 e. The van der Waals surface area contributed by atoms with Crippen LogP contribution in [0.15, 0.2) is 71.3 Å². The zero-order chi connectivity index (χ0) is 20.9. The summed E-state index contributed by atoms with van der Waals surface area (Å²) >= 11 is 0. The Hall–Kier alpha value is -4.07. The number of hydrogen-bond acceptors (Lipinski definition) is 5. The topological polar surface area (TPSA) is 97.1 Å². The number of aromatic nitrogens is 2. The lowest BCUT2D eigenvalue weighted by Gasteiger charge is -2.07. The minimum atomic E-state index is -0.510. The molecule has 0 atom stereocenters. The van der Waals surface area contributed by atoms with Gasteiger partial charge in [0.05, 0.1) is 11.7 Å². The molecule has 2 amide bonds. The summed E-state index contributed by atoms with van der Waals surface area (Å²) in [7, 11) is 0. The molecule has 0 bridgehead atoms. The molecule has 2 N–H and O–H groups in total. The van der Waals surface area contributed by atoms with E-state index in [1.165, 1.54) is 18.3 Å². The van der Waals surface area contributed by atoms with Gasteiger partial charge in [0.1, 0.15) is 11.5 Å². The van der Waals surface area contributed by atoms with Crippen LogP contribution in [0.3, 0.4) is 0 Å². The fraction of sp³-hybridized carbons (Fsp3) is 0.0909. The Morgan fingerprint density at radius 2 is 1.77 bits per heavy atom. The maximum atomic E-state index is 13.0. The van der Waals surface area contributed by atoms with Crippen molar-refractivity contribution in [3.8, 4) is 11.3 Å². The first-order valence-corrected chi connectivity index (χ1v) is 9.24. The van der Waals surface area contributed by atoms with E-state index < -0.39 is 11.8 Å². The molecule has 30 heavy (non-hydrogen) atoms. The molecular weight excluding hydrogens is 387 g/mol. The van der Waals surface area contributed by atoms with Gasteiger partial charge in [-0.3, -0.25) is 20.4 Å². The fourth-order valence-electron chi connectivity index (χ4n) is 2.84. The van der Waals surface area contributed by atoms with E-state index in [1.54, 1.807) is 30.3 Å². The third-order valence-corrected chi connectivity index (χ3v) is 4.39. The van der Waals surface area contributed by atoms with Gasteiger partial charge in [0.15, 0.2) is 11.7 Å². The van der Waals surface area contributed by atoms with E-state index in [1.807, 2.05) is 18.2 Å². The molecule has 0 radical (unpaired) electrons. The molecule has 0 saturated carbocycles. The number of amides is 2. The highest BCUT2D eigenvalue weighted by molar-refractivity contribution is 5.95. The van der Waals surface area contributed by atoms with Crippen LogP contribution < -0.4 is 10.9 Å². The van der Waals surface area contributed by atoms with Gasteiger partial charge in [-0.1, -0.05) is 24.3 Å². The lowest BCUT2D eigenvalue weighted by atomic mass is 10.2. The van der Waals surface area contributed by atoms with Crippen molar-refractivity contribution in [2.75, 3.05) is 0 Å². The molecule has 0 aliphatic rings. The number of oxazole rings is 1. The number of nitrogens with one attached hydrogen (secondary N) is 2. The maximum absolute atomic E-state index is 13.0. The number of hydrogen-bond donors (Lipinski definition) is 2. The Morgan fingerprint density at radius 3 is 2.60 bits per heavy atom. The van der Waals surface area contributed by atoms with Crippen molar-refractivity contribution in [3.05, 3.63) is 84.3 Å². The number of pyridine rings is 1. The van der Waals surface area contributed by atoms with Crippen molar-refractivity contribution in [2.24, 2.45) is 0 Å². The van der Waals surface area contributed by atoms with Gasteiger partial charge in [-0.05, 0) is 36.4 Å². The Labute approximate surface area is 170 Å². The molecule has 4 rings (SSSR count). The minimum absolute atomic E-state index is 0.0643. The van der Waals surface area contributed by atoms with Gasteiger partial charge in [0.2, 0.25) is 5.91 Å². The summed E-state index contributed by atoms with van der Waals surface area (Å²) in [5.41, 5.74) is 6.28. The van der Waals surface area contributed by atoms with Crippen molar-refractivity contribution >= 4 is 22.7 Å². The van der Waals surface area contributed by atoms with Crippen molar-refractivity contribution in [1.29, 1.82) is 0 Å². The van der Waals surface area contributed by atoms with Crippen molar-refractivity contribution in [2.45, 2.75) is 12.8 Å². The van der Waals surface area contributed by atoms with Gasteiger partial charge in [-0.25, -0.2) is 14.4 Å². The molecular formula is C22H17FN4O3. The molecule has 150 valence electrons. The number of carbonyl (C=O) groups excluding carboxylic acids is 2. The average molecular weight is 404 g/mol. The van der Waals surface area contributed by atoms with Gasteiger partial charge in [-0.2, -0.15) is 0 Å². The van der Waals surface area contributed by atoms with Gasteiger partial charge in [-0.15, -0.1) is 0 Å². The molecule has 0 aliphatic carbocycles. The first-order chi connectivity index (χ1) is 14.6. The molecule has 0 saturated heterocycles. The quantitative estimate of drug-likeness (QED) is 0.497. The van der Waals surface area contributed by atoms with E-state index in [0.29, 0.717) is 22.7 Å². The number of fused-ring (bicyclic) bond motifs is 1. The van der Waals surface area contributed by atoms with Crippen molar-refractivity contribution < 1.29 is 18.4 Å². The van der Waals surface area contributed by atoms with Crippen LogP contribution in [-0.2, 0) is 11.2 Å². The van der Waals surface area contributed by atoms with Gasteiger partial charge >= 0.3 is 0 Å². The zero-order valence-corrected chi connectivity index (χ0v) is 15.8. The van der Waals surface area contributed by atoms with Crippen LogP contribution in [0.4, 0.5) is 4.39 Å². The lowest BCUT2D eigenvalue weighted by molar-refractivity contribution is -0.121. The second-order valence-electron chi connectivity index (χ2n) is 6.52. The smallest absolute Gasteiger partial charge is 0.288 e. The number of para-hydroxylation sites is 1. The Bertz CT molecular complexity index is 1200. The molecule has 7 nitrogen and oxygen atoms in total. The van der Waals surface area contributed by atoms with E-state index in [2.05, 4.69) is 20.8 Å². The van der Waals surface area contributed by atoms with E-state index in [9.17, 15) is 14.0 Å². The van der Waals surface area contributed by atoms with Crippen LogP contribution >= 0.6 is 0 Å². The number of aryl methyl sites for hydroxylation is 1. The maximum Gasteiger partial charge on any atom is 0.288 e. The standard InChI is InChI=1S/C22H17FN4O3/c23-16-8-5-15(6-9-16)19-13-24-21(30-19)12-11-20(28)26-27-22(29)18-10-7-14-3-1-2-4-17(14)25-18/h1-10,13H,11-12H2,(H,26,28)(H,27,29). The van der Waals surface area contributed by atoms with Gasteiger partial charge in [0, 0.05) is 23.8 Å². The summed E-state index contributed by atoms with van der Waals surface area (Å²) < 4.78 is 18.6. The third kappa shape index (κ3) is 4.49. The van der Waals surface area contributed by atoms with E-state index in [-0.39, 0.29) is 24.4 Å². The SMILES string of the molecule is O=C(CCc1ncc(-c2ccc(F)cc2)o1)NNC(=O)c1ccc2ccccc2n1. The van der Waals surface area contributed by atoms with Crippen LogP contribution in [-0.4, -0.2) is 21.8 Å². The van der Waals surface area contributed by atoms with Crippen molar-refractivity contribution in [3.63, 3.8) is 0 Å². The van der Waals surface area contributed by atoms with E-state index in [0.717, 1.165) is 5.39 Å². The lowest BCUT2D eigenvalue weighted by Crippen LogP contribution is -2.42. The van der Waals surface area contributed by atoms with Crippen molar-refractivity contribution in [1.82, 2.24) is 20.8 Å². The normalized spacial score (nSPS) is 10.7. The molecule has 0 spiro atoms. The number of hydrazine groups is 1. The predicted molar refractivity (Wildman–Crippen MR) is 108 cm³/mol. The van der Waals surface area contributed by atoms with Gasteiger partial charge in [0.25, 0.3) is 5.91 Å². The van der Waals surface area contributed by atoms with E-state index in [4.69, 9.17) is 4.42 Å². The Morgan fingerprint density at radius 1 is 0.967 bits per heavy atom. The Kier molecular flexibility index (Phi) is 5.47. The molecule has 0 fully saturated rings. The zero-order valence-electron chi connectivity index (χ0n) is 15.8. The first-order valence-electron chi connectivity index (χ1n) is 9.24. The molecule has 2 heterocycles. The largest absolute Gasteiger partial charge is 0.441 e. The summed E-state index contributed by atoms with van der Waals surface area (Å²) in [5.74, 6) is -0.390. The fourth-order valence-corrected chi connectivity index (χ4v) is 2.84. The molecule has 4 aromatic rings. The summed E-state index contributed by atoms with van der Waals surface area (Å²) in [6, 6.07) is 16.6. The highest BCUT2D eigenvalue weighted by Gasteiger charge is 2.12. The number of benzene rings is 2. The molecule has 0 unspecified atom stereocenters. The highest BCUT2D eigenvalue weighted by atomic mass is 19.1. The van der Waals surface area contributed by atoms with Crippen LogP contribution in [0, 0.1) is 5.82 Å². The molecule has 2 aromatic heterocycles. The number of rotatable bonds is 5. The van der Waals surface area contributed by atoms with Crippen LogP contribution in [0.25, 0.3) is 22.2 Å². The predicted octanol–water partition coefficient (Wildman–Crippen LogP) is 3.42. The summed E-state index contributed by atoms with van der Waals surface area (Å²) in [4.78, 5) is 32.6. The summed E-state index contributed by atoms with van der Waals surface area (Å²) in [5, 5.41) is 0.920. The van der Waals surface area contributed by atoms with Crippen LogP contribution in [0.2, 0.25) is 0 Å². The number of nitrogens with zero attached hydrogens (tertiary/aromatic N) is 2. The molecule has 8 heteroatoms. The average Bonchev–Trinajstić information content (AvgIpc) is 3.25. The molecule has 2 aromatic carbocycles. The number of halogens is 1. The van der Waals surface area contributed by atoms with Gasteiger partial charge < -0.3 is 4.42 Å². The summed E-state index contributed by atoms with van der Waals surface area (Å²) in [6.45, 7) is 0.